The molecule has 3 heterocycles. The van der Waals surface area contributed by atoms with Crippen molar-refractivity contribution in [3.8, 4) is 0 Å². The van der Waals surface area contributed by atoms with E-state index in [1.807, 2.05) is 0 Å². The van der Waals surface area contributed by atoms with Crippen LogP contribution in [0.1, 0.15) is 6.23 Å². The SMILES string of the molecule is Nc1ncc2sc(=O)n([C@@H]3CS[C@@H](CO)O3)c2n1. The Kier molecular flexibility index (Phi) is 2.98. The van der Waals surface area contributed by atoms with Gasteiger partial charge < -0.3 is 15.6 Å². The van der Waals surface area contributed by atoms with Crippen LogP contribution in [0.2, 0.25) is 0 Å². The van der Waals surface area contributed by atoms with Gasteiger partial charge >= 0.3 is 4.87 Å². The summed E-state index contributed by atoms with van der Waals surface area (Å²) in [5, 5.41) is 9.03. The van der Waals surface area contributed by atoms with Gasteiger partial charge in [-0.05, 0) is 0 Å². The van der Waals surface area contributed by atoms with Gasteiger partial charge in [-0.2, -0.15) is 4.98 Å². The monoisotopic (exact) mass is 286 g/mol. The summed E-state index contributed by atoms with van der Waals surface area (Å²) in [6, 6.07) is 0. The highest BCUT2D eigenvalue weighted by Gasteiger charge is 2.29. The maximum Gasteiger partial charge on any atom is 0.311 e. The average molecular weight is 286 g/mol. The molecule has 0 spiro atoms. The third-order valence-corrected chi connectivity index (χ3v) is 4.54. The van der Waals surface area contributed by atoms with Gasteiger partial charge in [-0.1, -0.05) is 11.3 Å². The number of aromatic nitrogens is 3. The molecule has 1 fully saturated rings. The van der Waals surface area contributed by atoms with Gasteiger partial charge in [0.2, 0.25) is 5.95 Å². The highest BCUT2D eigenvalue weighted by atomic mass is 32.2. The Morgan fingerprint density at radius 3 is 3.22 bits per heavy atom. The lowest BCUT2D eigenvalue weighted by molar-refractivity contribution is -0.00274. The van der Waals surface area contributed by atoms with Gasteiger partial charge in [0.25, 0.3) is 0 Å². The van der Waals surface area contributed by atoms with Gasteiger partial charge in [0, 0.05) is 5.75 Å². The number of thioether (sulfide) groups is 1. The number of aliphatic hydroxyl groups is 1. The summed E-state index contributed by atoms with van der Waals surface area (Å²) in [6.45, 7) is -0.0743. The summed E-state index contributed by atoms with van der Waals surface area (Å²) >= 11 is 2.53. The van der Waals surface area contributed by atoms with Crippen LogP contribution in [0.5, 0.6) is 0 Å². The largest absolute Gasteiger partial charge is 0.393 e. The van der Waals surface area contributed by atoms with Gasteiger partial charge in [-0.15, -0.1) is 11.8 Å². The average Bonchev–Trinajstić information content (AvgIpc) is 2.92. The van der Waals surface area contributed by atoms with Crippen molar-refractivity contribution in [1.82, 2.24) is 14.5 Å². The minimum atomic E-state index is -0.414. The number of nitrogens with zero attached hydrogens (tertiary/aromatic N) is 3. The van der Waals surface area contributed by atoms with Crippen molar-refractivity contribution in [1.29, 1.82) is 0 Å². The Morgan fingerprint density at radius 2 is 2.50 bits per heavy atom. The summed E-state index contributed by atoms with van der Waals surface area (Å²) in [5.41, 5.74) is 5.73. The van der Waals surface area contributed by atoms with E-state index in [1.165, 1.54) is 22.5 Å². The van der Waals surface area contributed by atoms with E-state index in [-0.39, 0.29) is 22.9 Å². The predicted molar refractivity (Wildman–Crippen MR) is 69.5 cm³/mol. The number of thiazole rings is 1. The topological polar surface area (TPSA) is 103 Å². The van der Waals surface area contributed by atoms with E-state index in [1.54, 1.807) is 0 Å². The molecule has 3 rings (SSSR count). The zero-order chi connectivity index (χ0) is 12.7. The molecule has 0 aromatic carbocycles. The van der Waals surface area contributed by atoms with E-state index in [9.17, 15) is 4.79 Å². The molecule has 2 atom stereocenters. The van der Waals surface area contributed by atoms with Crippen LogP contribution in [0.25, 0.3) is 10.3 Å². The number of nitrogen functional groups attached to an aromatic ring is 1. The number of hydrogen-bond donors (Lipinski definition) is 2. The van der Waals surface area contributed by atoms with Crippen molar-refractivity contribution < 1.29 is 9.84 Å². The van der Waals surface area contributed by atoms with Crippen LogP contribution >= 0.6 is 23.1 Å². The number of nitrogens with two attached hydrogens (primary N) is 1. The summed E-state index contributed by atoms with van der Waals surface area (Å²) in [6.07, 6.45) is 1.12. The summed E-state index contributed by atoms with van der Waals surface area (Å²) in [7, 11) is 0. The van der Waals surface area contributed by atoms with E-state index in [0.717, 1.165) is 11.3 Å². The number of rotatable bonds is 2. The zero-order valence-electron chi connectivity index (χ0n) is 9.15. The first kappa shape index (κ1) is 11.9. The number of anilines is 1. The van der Waals surface area contributed by atoms with Crippen molar-refractivity contribution in [2.45, 2.75) is 11.7 Å². The van der Waals surface area contributed by atoms with Gasteiger partial charge in [0.05, 0.1) is 17.5 Å². The summed E-state index contributed by atoms with van der Waals surface area (Å²) in [5.74, 6) is 0.722. The zero-order valence-corrected chi connectivity index (χ0v) is 10.8. The Morgan fingerprint density at radius 1 is 1.67 bits per heavy atom. The van der Waals surface area contributed by atoms with Gasteiger partial charge in [-0.3, -0.25) is 9.36 Å². The van der Waals surface area contributed by atoms with Crippen LogP contribution in [0, 0.1) is 0 Å². The first-order chi connectivity index (χ1) is 8.69. The first-order valence-corrected chi connectivity index (χ1v) is 7.07. The molecule has 0 amide bonds. The van der Waals surface area contributed by atoms with Gasteiger partial charge in [-0.25, -0.2) is 4.98 Å². The molecule has 0 aliphatic carbocycles. The second-order valence-corrected chi connectivity index (χ2v) is 5.88. The van der Waals surface area contributed by atoms with Crippen LogP contribution < -0.4 is 10.6 Å². The van der Waals surface area contributed by atoms with Crippen molar-refractivity contribution in [2.24, 2.45) is 0 Å². The maximum absolute atomic E-state index is 12.0. The fourth-order valence-electron chi connectivity index (χ4n) is 1.78. The molecule has 0 radical (unpaired) electrons. The number of fused-ring (bicyclic) bond motifs is 1. The van der Waals surface area contributed by atoms with Crippen LogP contribution in [-0.4, -0.2) is 37.4 Å². The van der Waals surface area contributed by atoms with Crippen LogP contribution in [0.15, 0.2) is 11.0 Å². The third kappa shape index (κ3) is 1.88. The molecule has 1 aliphatic rings. The van der Waals surface area contributed by atoms with Crippen LogP contribution in [0.4, 0.5) is 5.95 Å². The van der Waals surface area contributed by atoms with Crippen molar-refractivity contribution in [3.05, 3.63) is 15.9 Å². The number of aliphatic hydroxyl groups excluding tert-OH is 1. The molecule has 2 aromatic rings. The molecule has 9 heteroatoms. The Bertz CT molecular complexity index is 640. The first-order valence-electron chi connectivity index (χ1n) is 5.20. The fraction of sp³-hybridized carbons (Fsp3) is 0.444. The lowest BCUT2D eigenvalue weighted by atomic mass is 10.5. The number of hydrogen-bond acceptors (Lipinski definition) is 8. The molecule has 0 saturated carbocycles. The molecule has 96 valence electrons. The Hall–Kier alpha value is -1.16. The summed E-state index contributed by atoms with van der Waals surface area (Å²) < 4.78 is 7.71. The third-order valence-electron chi connectivity index (χ3n) is 2.55. The lowest BCUT2D eigenvalue weighted by Gasteiger charge is -2.12. The molecular formula is C9H10N4O3S2. The molecule has 0 bridgehead atoms. The molecule has 1 aliphatic heterocycles. The molecule has 1 saturated heterocycles. The second kappa shape index (κ2) is 4.50. The van der Waals surface area contributed by atoms with Crippen molar-refractivity contribution in [3.63, 3.8) is 0 Å². The molecule has 3 N–H and O–H groups in total. The van der Waals surface area contributed by atoms with E-state index in [2.05, 4.69) is 9.97 Å². The van der Waals surface area contributed by atoms with Crippen LogP contribution in [0.3, 0.4) is 0 Å². The highest BCUT2D eigenvalue weighted by Crippen LogP contribution is 2.32. The minimum absolute atomic E-state index is 0.0743. The number of ether oxygens (including phenoxy) is 1. The minimum Gasteiger partial charge on any atom is -0.393 e. The normalized spacial score (nSPS) is 23.8. The molecule has 18 heavy (non-hydrogen) atoms. The lowest BCUT2D eigenvalue weighted by Crippen LogP contribution is -2.22. The summed E-state index contributed by atoms with van der Waals surface area (Å²) in [4.78, 5) is 19.7. The van der Waals surface area contributed by atoms with E-state index in [4.69, 9.17) is 15.6 Å². The standard InChI is InChI=1S/C9H10N4O3S2/c10-8-11-1-4-7(12-8)13(9(15)18-4)5-3-17-6(2-14)16-5/h1,5-6,14H,2-3H2,(H2,10,11,12)/t5-,6-/m0/s1. The van der Waals surface area contributed by atoms with E-state index >= 15 is 0 Å². The second-order valence-electron chi connectivity index (χ2n) is 3.69. The Balaban J connectivity index is 2.08. The maximum atomic E-state index is 12.0. The van der Waals surface area contributed by atoms with Gasteiger partial charge in [0.1, 0.15) is 11.7 Å². The smallest absolute Gasteiger partial charge is 0.311 e. The van der Waals surface area contributed by atoms with Crippen molar-refractivity contribution in [2.75, 3.05) is 18.1 Å². The van der Waals surface area contributed by atoms with Crippen LogP contribution in [-0.2, 0) is 4.74 Å². The molecular weight excluding hydrogens is 276 g/mol. The van der Waals surface area contributed by atoms with Gasteiger partial charge in [0.15, 0.2) is 5.65 Å². The predicted octanol–water partition coefficient (Wildman–Crippen LogP) is 0.0156. The van der Waals surface area contributed by atoms with E-state index in [0.29, 0.717) is 16.1 Å². The fourth-order valence-corrected chi connectivity index (χ4v) is 3.53. The Labute approximate surface area is 110 Å². The highest BCUT2D eigenvalue weighted by molar-refractivity contribution is 8.00. The van der Waals surface area contributed by atoms with Crippen molar-refractivity contribution >= 4 is 39.4 Å². The molecule has 2 aromatic heterocycles. The van der Waals surface area contributed by atoms with E-state index < -0.39 is 6.23 Å². The molecule has 0 unspecified atom stereocenters. The quantitative estimate of drug-likeness (QED) is 0.801. The molecule has 7 nitrogen and oxygen atoms in total.